The fourth-order valence-corrected chi connectivity index (χ4v) is 3.29. The van der Waals surface area contributed by atoms with Gasteiger partial charge in [0.2, 0.25) is 0 Å². The van der Waals surface area contributed by atoms with E-state index in [4.69, 9.17) is 10.6 Å². The van der Waals surface area contributed by atoms with E-state index in [-0.39, 0.29) is 6.10 Å². The molecule has 1 fully saturated rings. The van der Waals surface area contributed by atoms with Gasteiger partial charge in [0.1, 0.15) is 0 Å². The van der Waals surface area contributed by atoms with Crippen LogP contribution in [0.5, 0.6) is 0 Å². The minimum absolute atomic E-state index is 0.201. The number of rotatable bonds is 5. The van der Waals surface area contributed by atoms with E-state index in [2.05, 4.69) is 36.6 Å². The fraction of sp³-hybridized carbons (Fsp3) is 0.625. The largest absolute Gasteiger partial charge is 0.373 e. The lowest BCUT2D eigenvalue weighted by molar-refractivity contribution is 0.0241. The highest BCUT2D eigenvalue weighted by Gasteiger charge is 2.35. The minimum Gasteiger partial charge on any atom is -0.373 e. The number of hydrogen-bond donors (Lipinski definition) is 2. The third-order valence-corrected chi connectivity index (χ3v) is 4.77. The quantitative estimate of drug-likeness (QED) is 0.632. The van der Waals surface area contributed by atoms with Gasteiger partial charge in [-0.15, -0.1) is 0 Å². The molecule has 0 spiro atoms. The Bertz CT molecular complexity index is 431. The Morgan fingerprint density at radius 3 is 2.89 bits per heavy atom. The molecule has 0 bridgehead atoms. The molecule has 3 rings (SSSR count). The maximum absolute atomic E-state index is 5.99. The standard InChI is InChI=1S/C16H24N2O/c1-11(12-6-7-12)15(18-17)10-16-14-5-3-2-4-13(14)8-9-19-16/h2-5,11-12,15-16,18H,6-10,17H2,1H3. The Morgan fingerprint density at radius 1 is 1.37 bits per heavy atom. The van der Waals surface area contributed by atoms with Crippen molar-refractivity contribution in [2.75, 3.05) is 6.61 Å². The molecular formula is C16H24N2O. The Kier molecular flexibility index (Phi) is 3.87. The van der Waals surface area contributed by atoms with Gasteiger partial charge in [0.25, 0.3) is 0 Å². The van der Waals surface area contributed by atoms with Crippen LogP contribution in [0.2, 0.25) is 0 Å². The van der Waals surface area contributed by atoms with Crippen molar-refractivity contribution in [1.29, 1.82) is 0 Å². The monoisotopic (exact) mass is 260 g/mol. The van der Waals surface area contributed by atoms with E-state index in [0.29, 0.717) is 12.0 Å². The summed E-state index contributed by atoms with van der Waals surface area (Å²) in [6, 6.07) is 9.00. The third kappa shape index (κ3) is 2.83. The highest BCUT2D eigenvalue weighted by molar-refractivity contribution is 5.31. The van der Waals surface area contributed by atoms with Crippen LogP contribution in [0, 0.1) is 11.8 Å². The molecule has 1 aromatic rings. The van der Waals surface area contributed by atoms with E-state index in [0.717, 1.165) is 25.4 Å². The predicted octanol–water partition coefficient (Wildman–Crippen LogP) is 2.57. The van der Waals surface area contributed by atoms with Crippen molar-refractivity contribution in [2.24, 2.45) is 17.7 Å². The number of fused-ring (bicyclic) bond motifs is 1. The summed E-state index contributed by atoms with van der Waals surface area (Å²) in [6.45, 7) is 3.15. The van der Waals surface area contributed by atoms with Crippen molar-refractivity contribution in [3.8, 4) is 0 Å². The van der Waals surface area contributed by atoms with Gasteiger partial charge in [0, 0.05) is 6.04 Å². The van der Waals surface area contributed by atoms with Gasteiger partial charge in [-0.1, -0.05) is 31.2 Å². The molecule has 3 N–H and O–H groups in total. The lowest BCUT2D eigenvalue weighted by Gasteiger charge is -2.31. The summed E-state index contributed by atoms with van der Waals surface area (Å²) in [7, 11) is 0. The van der Waals surface area contributed by atoms with Gasteiger partial charge in [-0.3, -0.25) is 11.3 Å². The Balaban J connectivity index is 1.72. The predicted molar refractivity (Wildman–Crippen MR) is 76.5 cm³/mol. The molecule has 1 saturated carbocycles. The van der Waals surface area contributed by atoms with Crippen LogP contribution in [0.25, 0.3) is 0 Å². The Morgan fingerprint density at radius 2 is 2.16 bits per heavy atom. The van der Waals surface area contributed by atoms with Crippen molar-refractivity contribution >= 4 is 0 Å². The zero-order valence-electron chi connectivity index (χ0n) is 11.6. The molecule has 3 heteroatoms. The summed E-state index contributed by atoms with van der Waals surface area (Å²) >= 11 is 0. The zero-order valence-corrected chi connectivity index (χ0v) is 11.6. The van der Waals surface area contributed by atoms with Gasteiger partial charge < -0.3 is 4.74 Å². The van der Waals surface area contributed by atoms with Gasteiger partial charge in [-0.05, 0) is 48.6 Å². The lowest BCUT2D eigenvalue weighted by Crippen LogP contribution is -2.42. The summed E-state index contributed by atoms with van der Waals surface area (Å²) in [4.78, 5) is 0. The smallest absolute Gasteiger partial charge is 0.0843 e. The number of hydrazine groups is 1. The topological polar surface area (TPSA) is 47.3 Å². The van der Waals surface area contributed by atoms with Gasteiger partial charge in [0.05, 0.1) is 12.7 Å². The first-order chi connectivity index (χ1) is 9.29. The van der Waals surface area contributed by atoms with E-state index in [9.17, 15) is 0 Å². The average Bonchev–Trinajstić information content (AvgIpc) is 3.28. The summed E-state index contributed by atoms with van der Waals surface area (Å²) in [5.41, 5.74) is 5.82. The molecular weight excluding hydrogens is 236 g/mol. The van der Waals surface area contributed by atoms with E-state index in [1.165, 1.54) is 24.0 Å². The second-order valence-corrected chi connectivity index (χ2v) is 6.01. The molecule has 1 aliphatic carbocycles. The molecule has 3 atom stereocenters. The number of hydrogen-bond acceptors (Lipinski definition) is 3. The van der Waals surface area contributed by atoms with Crippen LogP contribution < -0.4 is 11.3 Å². The Labute approximate surface area is 115 Å². The first kappa shape index (κ1) is 13.1. The molecule has 0 saturated heterocycles. The SMILES string of the molecule is CC(C1CC1)C(CC1OCCc2ccccc21)NN. The van der Waals surface area contributed by atoms with Crippen LogP contribution in [-0.2, 0) is 11.2 Å². The number of nitrogens with two attached hydrogens (primary N) is 1. The molecule has 0 radical (unpaired) electrons. The highest BCUT2D eigenvalue weighted by Crippen LogP contribution is 2.40. The molecule has 1 aromatic carbocycles. The van der Waals surface area contributed by atoms with E-state index in [1.54, 1.807) is 0 Å². The maximum atomic E-state index is 5.99. The molecule has 104 valence electrons. The summed E-state index contributed by atoms with van der Waals surface area (Å²) < 4.78 is 5.99. The van der Waals surface area contributed by atoms with Gasteiger partial charge in [-0.2, -0.15) is 0 Å². The molecule has 0 aromatic heterocycles. The van der Waals surface area contributed by atoms with Crippen molar-refractivity contribution < 1.29 is 4.74 Å². The normalized spacial score (nSPS) is 25.7. The van der Waals surface area contributed by atoms with Crippen molar-refractivity contribution in [3.63, 3.8) is 0 Å². The molecule has 1 heterocycles. The second-order valence-electron chi connectivity index (χ2n) is 6.01. The maximum Gasteiger partial charge on any atom is 0.0843 e. The van der Waals surface area contributed by atoms with Gasteiger partial charge in [-0.25, -0.2) is 0 Å². The van der Waals surface area contributed by atoms with Crippen LogP contribution >= 0.6 is 0 Å². The minimum atomic E-state index is 0.201. The molecule has 1 aliphatic heterocycles. The first-order valence-electron chi connectivity index (χ1n) is 7.45. The molecule has 3 nitrogen and oxygen atoms in total. The van der Waals surface area contributed by atoms with Crippen LogP contribution in [0.4, 0.5) is 0 Å². The number of nitrogens with one attached hydrogen (secondary N) is 1. The van der Waals surface area contributed by atoms with E-state index in [1.807, 2.05) is 0 Å². The summed E-state index contributed by atoms with van der Waals surface area (Å²) in [5, 5.41) is 0. The van der Waals surface area contributed by atoms with Gasteiger partial charge >= 0.3 is 0 Å². The highest BCUT2D eigenvalue weighted by atomic mass is 16.5. The first-order valence-corrected chi connectivity index (χ1v) is 7.45. The van der Waals surface area contributed by atoms with Crippen molar-refractivity contribution in [1.82, 2.24) is 5.43 Å². The fourth-order valence-electron chi connectivity index (χ4n) is 3.29. The average molecular weight is 260 g/mol. The van der Waals surface area contributed by atoms with E-state index >= 15 is 0 Å². The molecule has 19 heavy (non-hydrogen) atoms. The van der Waals surface area contributed by atoms with E-state index < -0.39 is 0 Å². The van der Waals surface area contributed by atoms with Crippen LogP contribution in [-0.4, -0.2) is 12.6 Å². The molecule has 2 aliphatic rings. The van der Waals surface area contributed by atoms with Crippen LogP contribution in [0.1, 0.15) is 43.4 Å². The van der Waals surface area contributed by atoms with Crippen molar-refractivity contribution in [3.05, 3.63) is 35.4 Å². The lowest BCUT2D eigenvalue weighted by atomic mass is 9.88. The number of benzene rings is 1. The second kappa shape index (κ2) is 5.61. The van der Waals surface area contributed by atoms with Gasteiger partial charge in [0.15, 0.2) is 0 Å². The molecule has 3 unspecified atom stereocenters. The number of ether oxygens (including phenoxy) is 1. The van der Waals surface area contributed by atoms with Crippen LogP contribution in [0.3, 0.4) is 0 Å². The van der Waals surface area contributed by atoms with Crippen molar-refractivity contribution in [2.45, 2.75) is 44.8 Å². The van der Waals surface area contributed by atoms with Crippen LogP contribution in [0.15, 0.2) is 24.3 Å². The third-order valence-electron chi connectivity index (χ3n) is 4.77. The summed E-state index contributed by atoms with van der Waals surface area (Å²) in [6.07, 6.45) is 4.94. The Hall–Kier alpha value is -0.900. The zero-order chi connectivity index (χ0) is 13.2. The summed E-state index contributed by atoms with van der Waals surface area (Å²) in [5.74, 6) is 7.27. The molecule has 0 amide bonds.